The van der Waals surface area contributed by atoms with Crippen molar-refractivity contribution >= 4 is 10.0 Å². The van der Waals surface area contributed by atoms with Crippen LogP contribution in [0, 0.1) is 0 Å². The Balaban J connectivity index is 3.13. The van der Waals surface area contributed by atoms with Crippen LogP contribution < -0.4 is 10.5 Å². The number of nitrogens with two attached hydrogens (primary N) is 1. The molecule has 8 heteroatoms. The molecule has 0 fully saturated rings. The molecule has 0 atom stereocenters. The van der Waals surface area contributed by atoms with Gasteiger partial charge in [0.2, 0.25) is 10.0 Å². The number of benzene rings is 1. The fourth-order valence-electron chi connectivity index (χ4n) is 1.64. The minimum atomic E-state index is -3.96. The molecule has 0 heterocycles. The predicted octanol–water partition coefficient (Wildman–Crippen LogP) is 1.43. The van der Waals surface area contributed by atoms with Crippen molar-refractivity contribution in [1.29, 1.82) is 0 Å². The van der Waals surface area contributed by atoms with Gasteiger partial charge in [0.1, 0.15) is 5.75 Å². The second-order valence-corrected chi connectivity index (χ2v) is 6.13. The van der Waals surface area contributed by atoms with Crippen molar-refractivity contribution in [3.05, 3.63) is 23.8 Å². The molecule has 0 spiro atoms. The van der Waals surface area contributed by atoms with E-state index in [9.17, 15) is 17.2 Å². The zero-order valence-corrected chi connectivity index (χ0v) is 12.2. The van der Waals surface area contributed by atoms with Crippen LogP contribution in [0.4, 0.5) is 8.78 Å². The molecule has 0 saturated carbocycles. The summed E-state index contributed by atoms with van der Waals surface area (Å²) in [6.07, 6.45) is -2.73. The van der Waals surface area contributed by atoms with Gasteiger partial charge >= 0.3 is 0 Å². The molecule has 1 rings (SSSR count). The van der Waals surface area contributed by atoms with Crippen molar-refractivity contribution in [1.82, 2.24) is 4.31 Å². The molecular formula is C12H18F2N2O3S. The molecule has 2 N–H and O–H groups in total. The second kappa shape index (κ2) is 6.96. The van der Waals surface area contributed by atoms with E-state index in [4.69, 9.17) is 10.5 Å². The number of halogens is 2. The first-order chi connectivity index (χ1) is 9.32. The summed E-state index contributed by atoms with van der Waals surface area (Å²) in [4.78, 5) is -0.0791. The Morgan fingerprint density at radius 1 is 1.40 bits per heavy atom. The van der Waals surface area contributed by atoms with Gasteiger partial charge in [0.05, 0.1) is 18.0 Å². The number of rotatable bonds is 7. The Morgan fingerprint density at radius 2 is 2.05 bits per heavy atom. The van der Waals surface area contributed by atoms with Gasteiger partial charge in [-0.2, -0.15) is 4.31 Å². The van der Waals surface area contributed by atoms with E-state index in [2.05, 4.69) is 0 Å². The number of ether oxygens (including phenoxy) is 1. The predicted molar refractivity (Wildman–Crippen MR) is 71.3 cm³/mol. The summed E-state index contributed by atoms with van der Waals surface area (Å²) in [5, 5.41) is 0. The van der Waals surface area contributed by atoms with E-state index >= 15 is 0 Å². The van der Waals surface area contributed by atoms with E-state index in [1.165, 1.54) is 18.2 Å². The monoisotopic (exact) mass is 308 g/mol. The van der Waals surface area contributed by atoms with E-state index in [-0.39, 0.29) is 11.4 Å². The Bertz CT molecular complexity index is 550. The van der Waals surface area contributed by atoms with Gasteiger partial charge in [-0.3, -0.25) is 0 Å². The van der Waals surface area contributed by atoms with Crippen molar-refractivity contribution in [2.45, 2.75) is 24.8 Å². The summed E-state index contributed by atoms with van der Waals surface area (Å²) in [6.45, 7) is 1.45. The van der Waals surface area contributed by atoms with E-state index < -0.39 is 23.0 Å². The lowest BCUT2D eigenvalue weighted by molar-refractivity contribution is 0.126. The first kappa shape index (κ1) is 16.8. The molecule has 20 heavy (non-hydrogen) atoms. The summed E-state index contributed by atoms with van der Waals surface area (Å²) in [5.74, 6) is 0.491. The molecule has 0 bridgehead atoms. The summed E-state index contributed by atoms with van der Waals surface area (Å²) in [5.41, 5.74) is 6.05. The third-order valence-electron chi connectivity index (χ3n) is 2.66. The van der Waals surface area contributed by atoms with Gasteiger partial charge in [0, 0.05) is 19.2 Å². The smallest absolute Gasteiger partial charge is 0.252 e. The zero-order chi connectivity index (χ0) is 15.3. The van der Waals surface area contributed by atoms with Gasteiger partial charge in [-0.05, 0) is 25.1 Å². The quantitative estimate of drug-likeness (QED) is 0.827. The van der Waals surface area contributed by atoms with Crippen LogP contribution in [0.1, 0.15) is 12.5 Å². The van der Waals surface area contributed by atoms with Gasteiger partial charge in [-0.25, -0.2) is 17.2 Å². The molecule has 0 aliphatic heterocycles. The Hall–Kier alpha value is -1.25. The van der Waals surface area contributed by atoms with Crippen LogP contribution in [0.3, 0.4) is 0 Å². The van der Waals surface area contributed by atoms with Gasteiger partial charge in [0.15, 0.2) is 0 Å². The molecule has 5 nitrogen and oxygen atoms in total. The van der Waals surface area contributed by atoms with Gasteiger partial charge in [0.25, 0.3) is 6.43 Å². The summed E-state index contributed by atoms with van der Waals surface area (Å²) in [7, 11) is -2.84. The second-order valence-electron chi connectivity index (χ2n) is 4.08. The Labute approximate surface area is 117 Å². The first-order valence-electron chi connectivity index (χ1n) is 6.03. The normalized spacial score (nSPS) is 12.2. The lowest BCUT2D eigenvalue weighted by atomic mass is 10.2. The van der Waals surface area contributed by atoms with Gasteiger partial charge in [-0.15, -0.1) is 0 Å². The van der Waals surface area contributed by atoms with Crippen molar-refractivity contribution in [3.63, 3.8) is 0 Å². The van der Waals surface area contributed by atoms with E-state index in [0.29, 0.717) is 22.2 Å². The number of hydrogen-bond acceptors (Lipinski definition) is 4. The average molecular weight is 308 g/mol. The molecule has 0 saturated heterocycles. The van der Waals surface area contributed by atoms with Crippen molar-refractivity contribution < 1.29 is 21.9 Å². The maximum absolute atomic E-state index is 12.3. The largest absolute Gasteiger partial charge is 0.494 e. The van der Waals surface area contributed by atoms with Crippen LogP contribution in [0.5, 0.6) is 5.75 Å². The Morgan fingerprint density at radius 3 is 2.55 bits per heavy atom. The molecule has 0 unspecified atom stereocenters. The maximum Gasteiger partial charge on any atom is 0.252 e. The summed E-state index contributed by atoms with van der Waals surface area (Å²) in [6, 6.07) is 4.15. The number of alkyl halides is 2. The number of nitrogens with zero attached hydrogens (tertiary/aromatic N) is 1. The highest BCUT2D eigenvalue weighted by Crippen LogP contribution is 2.24. The SMILES string of the molecule is CCOc1ccc(S(=O)(=O)N(C)CC(F)F)cc1CN. The molecule has 1 aromatic carbocycles. The third kappa shape index (κ3) is 3.87. The molecule has 114 valence electrons. The fraction of sp³-hybridized carbons (Fsp3) is 0.500. The van der Waals surface area contributed by atoms with Gasteiger partial charge in [-0.1, -0.05) is 0 Å². The van der Waals surface area contributed by atoms with Crippen molar-refractivity contribution in [2.75, 3.05) is 20.2 Å². The Kier molecular flexibility index (Phi) is 5.85. The first-order valence-corrected chi connectivity index (χ1v) is 7.47. The van der Waals surface area contributed by atoms with Crippen molar-refractivity contribution in [3.8, 4) is 5.75 Å². The molecule has 0 radical (unpaired) electrons. The van der Waals surface area contributed by atoms with E-state index in [1.54, 1.807) is 6.92 Å². The van der Waals surface area contributed by atoms with Crippen LogP contribution in [0.15, 0.2) is 23.1 Å². The average Bonchev–Trinajstić information content (AvgIpc) is 2.38. The minimum Gasteiger partial charge on any atom is -0.494 e. The molecule has 1 aromatic rings. The molecular weight excluding hydrogens is 290 g/mol. The maximum atomic E-state index is 12.3. The van der Waals surface area contributed by atoms with Crippen LogP contribution in [-0.4, -0.2) is 39.3 Å². The lowest BCUT2D eigenvalue weighted by Gasteiger charge is -2.18. The topological polar surface area (TPSA) is 72.6 Å². The van der Waals surface area contributed by atoms with E-state index in [0.717, 1.165) is 7.05 Å². The summed E-state index contributed by atoms with van der Waals surface area (Å²) < 4.78 is 54.8. The summed E-state index contributed by atoms with van der Waals surface area (Å²) >= 11 is 0. The molecule has 0 aliphatic rings. The molecule has 0 amide bonds. The van der Waals surface area contributed by atoms with Gasteiger partial charge < -0.3 is 10.5 Å². The highest BCUT2D eigenvalue weighted by molar-refractivity contribution is 7.89. The van der Waals surface area contributed by atoms with Crippen LogP contribution in [0.25, 0.3) is 0 Å². The van der Waals surface area contributed by atoms with Crippen LogP contribution in [-0.2, 0) is 16.6 Å². The van der Waals surface area contributed by atoms with Crippen LogP contribution in [0.2, 0.25) is 0 Å². The third-order valence-corrected chi connectivity index (χ3v) is 4.47. The highest BCUT2D eigenvalue weighted by Gasteiger charge is 2.24. The van der Waals surface area contributed by atoms with Crippen LogP contribution >= 0.6 is 0 Å². The number of hydrogen-bond donors (Lipinski definition) is 1. The fourth-order valence-corrected chi connectivity index (χ4v) is 2.84. The molecule has 0 aromatic heterocycles. The van der Waals surface area contributed by atoms with E-state index in [1.807, 2.05) is 0 Å². The standard InChI is InChI=1S/C12H18F2N2O3S/c1-3-19-11-5-4-10(6-9(11)7-15)20(17,18)16(2)8-12(13)14/h4-6,12H,3,7-8,15H2,1-2H3. The zero-order valence-electron chi connectivity index (χ0n) is 11.3. The van der Waals surface area contributed by atoms with Crippen molar-refractivity contribution in [2.24, 2.45) is 5.73 Å². The lowest BCUT2D eigenvalue weighted by Crippen LogP contribution is -2.31. The minimum absolute atomic E-state index is 0.0791. The highest BCUT2D eigenvalue weighted by atomic mass is 32.2. The molecule has 0 aliphatic carbocycles. The number of sulfonamides is 1.